The molecule has 32 heavy (non-hydrogen) atoms. The Morgan fingerprint density at radius 2 is 1.91 bits per heavy atom. The van der Waals surface area contributed by atoms with Crippen molar-refractivity contribution in [1.82, 2.24) is 9.88 Å². The van der Waals surface area contributed by atoms with E-state index in [2.05, 4.69) is 25.0 Å². The summed E-state index contributed by atoms with van der Waals surface area (Å²) in [6, 6.07) is 8.64. The van der Waals surface area contributed by atoms with Gasteiger partial charge in [-0.25, -0.2) is 9.18 Å². The molecule has 0 unspecified atom stereocenters. The van der Waals surface area contributed by atoms with E-state index in [9.17, 15) is 14.0 Å². The summed E-state index contributed by atoms with van der Waals surface area (Å²) in [5.74, 6) is -1.32. The van der Waals surface area contributed by atoms with Crippen LogP contribution in [0.4, 0.5) is 4.39 Å². The van der Waals surface area contributed by atoms with Crippen LogP contribution in [0.2, 0.25) is 25.7 Å². The Hall–Kier alpha value is -2.65. The van der Waals surface area contributed by atoms with Crippen LogP contribution in [-0.2, 0) is 16.2 Å². The van der Waals surface area contributed by atoms with E-state index in [0.717, 1.165) is 6.04 Å². The van der Waals surface area contributed by atoms with Gasteiger partial charge in [0.05, 0.1) is 6.61 Å². The van der Waals surface area contributed by atoms with Crippen LogP contribution in [0.1, 0.15) is 46.5 Å². The maximum absolute atomic E-state index is 14.2. The number of nitrogens with one attached hydrogen (secondary N) is 1. The molecule has 2 aromatic rings. The lowest BCUT2D eigenvalue weighted by Crippen LogP contribution is -2.26. The molecule has 176 valence electrons. The second kappa shape index (κ2) is 11.3. The van der Waals surface area contributed by atoms with E-state index in [0.29, 0.717) is 12.2 Å². The molecule has 1 heterocycles. The second-order valence-corrected chi connectivity index (χ2v) is 14.2. The molecular formula is C23H33FN2O5Si. The fraction of sp³-hybridized carbons (Fsp3) is 0.478. The molecule has 0 fully saturated rings. The minimum Gasteiger partial charge on any atom is -0.483 e. The number of amides is 1. The summed E-state index contributed by atoms with van der Waals surface area (Å²) < 4.78 is 32.6. The lowest BCUT2D eigenvalue weighted by atomic mass is 10.1. The number of hydrogen-bond donors (Lipinski definition) is 1. The van der Waals surface area contributed by atoms with Crippen molar-refractivity contribution in [2.75, 3.05) is 20.3 Å². The first-order valence-electron chi connectivity index (χ1n) is 10.7. The highest BCUT2D eigenvalue weighted by molar-refractivity contribution is 6.76. The van der Waals surface area contributed by atoms with Gasteiger partial charge in [0, 0.05) is 33.4 Å². The van der Waals surface area contributed by atoms with Gasteiger partial charge >= 0.3 is 5.97 Å². The lowest BCUT2D eigenvalue weighted by molar-refractivity contribution is 0.0469. The average molecular weight is 465 g/mol. The number of hydrogen-bond acceptors (Lipinski definition) is 5. The third-order valence-electron chi connectivity index (χ3n) is 4.85. The van der Waals surface area contributed by atoms with Crippen LogP contribution >= 0.6 is 0 Å². The normalized spacial score (nSPS) is 12.3. The van der Waals surface area contributed by atoms with Gasteiger partial charge in [-0.2, -0.15) is 0 Å². The molecule has 0 bridgehead atoms. The SMILES string of the molecule is CCOC(=O)c1cc(O[C@@H](C)c2ccccc2F)c(C(=O)NC)n1COCC[Si](C)(C)C. The molecule has 2 rings (SSSR count). The number of esters is 1. The maximum Gasteiger partial charge on any atom is 0.355 e. The molecule has 1 aromatic heterocycles. The molecule has 0 radical (unpaired) electrons. The Bertz CT molecular complexity index is 939. The Morgan fingerprint density at radius 1 is 1.22 bits per heavy atom. The Balaban J connectivity index is 2.42. The molecule has 0 spiro atoms. The number of carbonyl (C=O) groups excluding carboxylic acids is 2. The molecule has 7 nitrogen and oxygen atoms in total. The van der Waals surface area contributed by atoms with Crippen LogP contribution in [0.3, 0.4) is 0 Å². The minimum absolute atomic E-state index is 0.0151. The smallest absolute Gasteiger partial charge is 0.355 e. The highest BCUT2D eigenvalue weighted by atomic mass is 28.3. The Morgan fingerprint density at radius 3 is 2.50 bits per heavy atom. The Kier molecular flexibility index (Phi) is 9.03. The van der Waals surface area contributed by atoms with Crippen molar-refractivity contribution in [3.05, 3.63) is 53.1 Å². The minimum atomic E-state index is -1.31. The van der Waals surface area contributed by atoms with Crippen LogP contribution in [0.25, 0.3) is 0 Å². The predicted molar refractivity (Wildman–Crippen MR) is 123 cm³/mol. The largest absolute Gasteiger partial charge is 0.483 e. The van der Waals surface area contributed by atoms with Crippen molar-refractivity contribution >= 4 is 20.0 Å². The summed E-state index contributed by atoms with van der Waals surface area (Å²) in [4.78, 5) is 25.3. The van der Waals surface area contributed by atoms with Crippen LogP contribution in [0.5, 0.6) is 5.75 Å². The summed E-state index contributed by atoms with van der Waals surface area (Å²) in [5, 5.41) is 2.57. The fourth-order valence-electron chi connectivity index (χ4n) is 3.07. The van der Waals surface area contributed by atoms with Gasteiger partial charge in [-0.05, 0) is 26.0 Å². The quantitative estimate of drug-likeness (QED) is 0.298. The van der Waals surface area contributed by atoms with E-state index in [4.69, 9.17) is 14.2 Å². The third-order valence-corrected chi connectivity index (χ3v) is 6.56. The number of aromatic nitrogens is 1. The van der Waals surface area contributed by atoms with E-state index >= 15 is 0 Å². The molecule has 0 aliphatic heterocycles. The van der Waals surface area contributed by atoms with Crippen molar-refractivity contribution in [1.29, 1.82) is 0 Å². The number of nitrogens with zero attached hydrogens (tertiary/aromatic N) is 1. The molecule has 1 aromatic carbocycles. The van der Waals surface area contributed by atoms with Gasteiger partial charge in [-0.1, -0.05) is 37.8 Å². The van der Waals surface area contributed by atoms with E-state index in [1.54, 1.807) is 32.0 Å². The number of rotatable bonds is 11. The molecule has 0 aliphatic carbocycles. The molecule has 0 aliphatic rings. The van der Waals surface area contributed by atoms with E-state index in [-0.39, 0.29) is 30.5 Å². The zero-order valence-corrected chi connectivity index (χ0v) is 20.7. The monoisotopic (exact) mass is 464 g/mol. The van der Waals surface area contributed by atoms with Crippen molar-refractivity contribution < 1.29 is 28.2 Å². The first kappa shape index (κ1) is 25.6. The van der Waals surface area contributed by atoms with Crippen molar-refractivity contribution in [2.45, 2.75) is 52.4 Å². The van der Waals surface area contributed by atoms with Gasteiger partial charge in [-0.15, -0.1) is 0 Å². The molecule has 0 saturated carbocycles. The summed E-state index contributed by atoms with van der Waals surface area (Å²) >= 11 is 0. The third kappa shape index (κ3) is 6.67. The number of ether oxygens (including phenoxy) is 3. The molecular weight excluding hydrogens is 431 g/mol. The summed E-state index contributed by atoms with van der Waals surface area (Å²) in [5.41, 5.74) is 0.591. The highest BCUT2D eigenvalue weighted by Gasteiger charge is 2.28. The Labute approximate surface area is 189 Å². The summed E-state index contributed by atoms with van der Waals surface area (Å²) in [7, 11) is 0.175. The first-order valence-corrected chi connectivity index (χ1v) is 14.4. The van der Waals surface area contributed by atoms with E-state index in [1.165, 1.54) is 23.7 Å². The van der Waals surface area contributed by atoms with Gasteiger partial charge in [0.15, 0.2) is 11.4 Å². The van der Waals surface area contributed by atoms with Crippen LogP contribution in [0.15, 0.2) is 30.3 Å². The molecule has 1 amide bonds. The van der Waals surface area contributed by atoms with Gasteiger partial charge in [0.1, 0.15) is 24.3 Å². The first-order chi connectivity index (χ1) is 15.1. The highest BCUT2D eigenvalue weighted by Crippen LogP contribution is 2.30. The topological polar surface area (TPSA) is 78.8 Å². The van der Waals surface area contributed by atoms with Crippen LogP contribution in [0, 0.1) is 5.82 Å². The standard InChI is InChI=1S/C23H33FN2O5Si/c1-7-30-23(28)19-14-20(31-16(2)17-10-8-9-11-18(17)24)21(22(27)25-3)26(19)15-29-12-13-32(4,5)6/h8-11,14,16H,7,12-13,15H2,1-6H3,(H,25,27)/t16-/m0/s1. The summed E-state index contributed by atoms with van der Waals surface area (Å²) in [6.07, 6.45) is -0.696. The number of benzene rings is 1. The van der Waals surface area contributed by atoms with Gasteiger partial charge in [-0.3, -0.25) is 4.79 Å². The van der Waals surface area contributed by atoms with Crippen LogP contribution < -0.4 is 10.1 Å². The van der Waals surface area contributed by atoms with Crippen molar-refractivity contribution in [3.8, 4) is 5.75 Å². The van der Waals surface area contributed by atoms with E-state index < -0.39 is 31.9 Å². The molecule has 1 atom stereocenters. The molecule has 9 heteroatoms. The average Bonchev–Trinajstić information content (AvgIpc) is 3.08. The second-order valence-electron chi connectivity index (χ2n) is 8.60. The zero-order valence-electron chi connectivity index (χ0n) is 19.7. The van der Waals surface area contributed by atoms with Gasteiger partial charge < -0.3 is 24.1 Å². The van der Waals surface area contributed by atoms with Crippen molar-refractivity contribution in [2.24, 2.45) is 0 Å². The van der Waals surface area contributed by atoms with Gasteiger partial charge in [0.2, 0.25) is 0 Å². The number of halogens is 1. The zero-order chi connectivity index (χ0) is 23.9. The summed E-state index contributed by atoms with van der Waals surface area (Å²) in [6.45, 7) is 10.8. The van der Waals surface area contributed by atoms with E-state index in [1.807, 2.05) is 0 Å². The number of carbonyl (C=O) groups is 2. The van der Waals surface area contributed by atoms with Crippen molar-refractivity contribution in [3.63, 3.8) is 0 Å². The van der Waals surface area contributed by atoms with Gasteiger partial charge in [0.25, 0.3) is 5.91 Å². The molecule has 1 N–H and O–H groups in total. The van der Waals surface area contributed by atoms with Crippen LogP contribution in [-0.4, -0.2) is 44.8 Å². The molecule has 0 saturated heterocycles. The predicted octanol–water partition coefficient (Wildman–Crippen LogP) is 4.62. The fourth-order valence-corrected chi connectivity index (χ4v) is 3.82. The maximum atomic E-state index is 14.2. The lowest BCUT2D eigenvalue weighted by Gasteiger charge is -2.18.